The van der Waals surface area contributed by atoms with Gasteiger partial charge in [0.25, 0.3) is 0 Å². The fraction of sp³-hybridized carbons (Fsp3) is 0.833. The molecule has 11 nitrogen and oxygen atoms in total. The van der Waals surface area contributed by atoms with Gasteiger partial charge in [-0.1, -0.05) is 12.8 Å². The first-order valence-corrected chi connectivity index (χ1v) is 12.4. The predicted molar refractivity (Wildman–Crippen MR) is 126 cm³/mol. The number of amides is 2. The summed E-state index contributed by atoms with van der Waals surface area (Å²) in [5, 5.41) is 34.7. The number of aliphatic hydroxyl groups is 3. The molecule has 35 heavy (non-hydrogen) atoms. The minimum Gasteiger partial charge on any atom is -0.388 e. The summed E-state index contributed by atoms with van der Waals surface area (Å²) < 4.78 is 10.7. The predicted octanol–water partition coefficient (Wildman–Crippen LogP) is 0.120. The van der Waals surface area contributed by atoms with Gasteiger partial charge in [0.05, 0.1) is 18.8 Å². The van der Waals surface area contributed by atoms with Crippen molar-refractivity contribution in [2.24, 2.45) is 0 Å². The molecule has 1 aliphatic rings. The van der Waals surface area contributed by atoms with Gasteiger partial charge in [0.1, 0.15) is 24.1 Å². The van der Waals surface area contributed by atoms with Gasteiger partial charge < -0.3 is 40.2 Å². The second-order valence-corrected chi connectivity index (χ2v) is 9.14. The van der Waals surface area contributed by atoms with Crippen LogP contribution in [-0.4, -0.2) is 88.6 Å². The van der Waals surface area contributed by atoms with Crippen LogP contribution in [0.2, 0.25) is 0 Å². The van der Waals surface area contributed by atoms with Crippen molar-refractivity contribution in [3.05, 3.63) is 0 Å². The van der Waals surface area contributed by atoms with Crippen molar-refractivity contribution in [2.45, 2.75) is 115 Å². The van der Waals surface area contributed by atoms with Gasteiger partial charge in [0.2, 0.25) is 11.8 Å². The number of rotatable bonds is 17. The summed E-state index contributed by atoms with van der Waals surface area (Å²) in [6.07, 6.45) is -0.877. The summed E-state index contributed by atoms with van der Waals surface area (Å²) in [5.74, 6) is -0.391. The third-order valence-corrected chi connectivity index (χ3v) is 5.92. The molecule has 0 aromatic rings. The van der Waals surface area contributed by atoms with Crippen molar-refractivity contribution in [3.8, 4) is 0 Å². The number of unbranched alkanes of at least 4 members (excludes halogenated alkanes) is 3. The zero-order valence-electron chi connectivity index (χ0n) is 21.0. The molecule has 0 aliphatic carbocycles. The number of ether oxygens (including phenoxy) is 2. The molecule has 0 spiro atoms. The number of nitrogens with one attached hydrogen (secondary N) is 2. The third-order valence-electron chi connectivity index (χ3n) is 5.92. The molecule has 5 N–H and O–H groups in total. The number of hydrogen-bond acceptors (Lipinski definition) is 9. The molecule has 0 saturated carbocycles. The standard InChI is InChI=1S/C24H42N2O9/c1-15(27)9-5-4-6-10-18(16(2)28)26-20(30)12-8-7-11-19(29)25-13-14-34-24-23(33)22(32)21(31)17(3)35-24/h17-18,21-24,31-33H,4-14H2,1-3H3,(H,25,29)(H,26,30)/t17-,18-,21+,22+,23-,24+/m0/s1. The molecule has 1 aliphatic heterocycles. The molecular weight excluding hydrogens is 460 g/mol. The first-order chi connectivity index (χ1) is 16.5. The van der Waals surface area contributed by atoms with Crippen molar-refractivity contribution < 1.29 is 44.0 Å². The van der Waals surface area contributed by atoms with E-state index in [2.05, 4.69) is 10.6 Å². The molecule has 0 unspecified atom stereocenters. The lowest BCUT2D eigenvalue weighted by atomic mass is 10.0. The fourth-order valence-corrected chi connectivity index (χ4v) is 3.72. The van der Waals surface area contributed by atoms with E-state index in [1.165, 1.54) is 6.92 Å². The van der Waals surface area contributed by atoms with E-state index in [0.717, 1.165) is 19.3 Å². The van der Waals surface area contributed by atoms with Crippen LogP contribution in [0.25, 0.3) is 0 Å². The largest absolute Gasteiger partial charge is 0.388 e. The molecule has 0 bridgehead atoms. The first-order valence-electron chi connectivity index (χ1n) is 12.4. The van der Waals surface area contributed by atoms with Crippen LogP contribution in [0, 0.1) is 0 Å². The first kappa shape index (κ1) is 31.1. The molecular formula is C24H42N2O9. The Bertz CT molecular complexity index is 688. The van der Waals surface area contributed by atoms with E-state index in [9.17, 15) is 34.5 Å². The number of Topliss-reactive ketones (excluding diaryl/α,β-unsaturated/α-hetero) is 2. The number of aliphatic hydroxyl groups excluding tert-OH is 3. The lowest BCUT2D eigenvalue weighted by Crippen LogP contribution is -2.57. The van der Waals surface area contributed by atoms with E-state index < -0.39 is 36.7 Å². The monoisotopic (exact) mass is 502 g/mol. The van der Waals surface area contributed by atoms with Crippen molar-refractivity contribution in [1.82, 2.24) is 10.6 Å². The van der Waals surface area contributed by atoms with Gasteiger partial charge in [-0.15, -0.1) is 0 Å². The molecule has 6 atom stereocenters. The molecule has 1 rings (SSSR count). The number of hydrogen-bond donors (Lipinski definition) is 5. The quantitative estimate of drug-likeness (QED) is 0.173. The van der Waals surface area contributed by atoms with Crippen LogP contribution in [0.3, 0.4) is 0 Å². The van der Waals surface area contributed by atoms with Gasteiger partial charge in [-0.2, -0.15) is 0 Å². The highest BCUT2D eigenvalue weighted by Gasteiger charge is 2.42. The van der Waals surface area contributed by atoms with Crippen LogP contribution in [0.4, 0.5) is 0 Å². The van der Waals surface area contributed by atoms with Crippen molar-refractivity contribution in [3.63, 3.8) is 0 Å². The molecule has 0 aromatic carbocycles. The van der Waals surface area contributed by atoms with E-state index in [4.69, 9.17) is 9.47 Å². The van der Waals surface area contributed by atoms with Gasteiger partial charge in [-0.3, -0.25) is 14.4 Å². The van der Waals surface area contributed by atoms with Gasteiger partial charge in [-0.25, -0.2) is 0 Å². The molecule has 1 heterocycles. The van der Waals surface area contributed by atoms with E-state index in [0.29, 0.717) is 25.7 Å². The van der Waals surface area contributed by atoms with Crippen LogP contribution >= 0.6 is 0 Å². The Kier molecular flexibility index (Phi) is 14.8. The third kappa shape index (κ3) is 12.6. The van der Waals surface area contributed by atoms with Crippen LogP contribution in [-0.2, 0) is 28.7 Å². The number of carbonyl (C=O) groups is 4. The van der Waals surface area contributed by atoms with Crippen molar-refractivity contribution in [1.29, 1.82) is 0 Å². The van der Waals surface area contributed by atoms with Gasteiger partial charge in [0.15, 0.2) is 12.1 Å². The molecule has 2 amide bonds. The van der Waals surface area contributed by atoms with E-state index >= 15 is 0 Å². The van der Waals surface area contributed by atoms with Gasteiger partial charge in [0, 0.05) is 25.8 Å². The van der Waals surface area contributed by atoms with Crippen LogP contribution in [0.1, 0.15) is 78.6 Å². The maximum Gasteiger partial charge on any atom is 0.220 e. The van der Waals surface area contributed by atoms with Gasteiger partial charge >= 0.3 is 0 Å². The molecule has 1 fully saturated rings. The average molecular weight is 503 g/mol. The maximum absolute atomic E-state index is 12.1. The summed E-state index contributed by atoms with van der Waals surface area (Å²) in [6.45, 7) is 4.77. The lowest BCUT2D eigenvalue weighted by molar-refractivity contribution is -0.292. The lowest BCUT2D eigenvalue weighted by Gasteiger charge is -2.38. The average Bonchev–Trinajstić information content (AvgIpc) is 2.79. The second-order valence-electron chi connectivity index (χ2n) is 9.14. The zero-order chi connectivity index (χ0) is 26.4. The molecule has 1 saturated heterocycles. The SMILES string of the molecule is CC(=O)CCCCC[C@H](NC(=O)CCCCC(=O)NCCO[C@@H]1O[C@@H](C)[C@@H](O)[C@@H](O)[C@@H]1O)C(C)=O. The summed E-state index contributed by atoms with van der Waals surface area (Å²) in [5.41, 5.74) is 0. The van der Waals surface area contributed by atoms with Crippen LogP contribution in [0.5, 0.6) is 0 Å². The van der Waals surface area contributed by atoms with E-state index in [-0.39, 0.29) is 49.4 Å². The summed E-state index contributed by atoms with van der Waals surface area (Å²) in [4.78, 5) is 46.8. The van der Waals surface area contributed by atoms with Crippen molar-refractivity contribution in [2.75, 3.05) is 13.2 Å². The maximum atomic E-state index is 12.1. The summed E-state index contributed by atoms with van der Waals surface area (Å²) in [7, 11) is 0. The van der Waals surface area contributed by atoms with E-state index in [1.807, 2.05) is 0 Å². The highest BCUT2D eigenvalue weighted by Crippen LogP contribution is 2.21. The Hall–Kier alpha value is -1.92. The topological polar surface area (TPSA) is 171 Å². The Balaban J connectivity index is 2.14. The minimum absolute atomic E-state index is 0.0482. The highest BCUT2D eigenvalue weighted by atomic mass is 16.7. The molecule has 202 valence electrons. The number of ketones is 2. The Morgan fingerprint density at radius 2 is 1.49 bits per heavy atom. The smallest absolute Gasteiger partial charge is 0.220 e. The Morgan fingerprint density at radius 1 is 0.857 bits per heavy atom. The summed E-state index contributed by atoms with van der Waals surface area (Å²) in [6, 6.07) is -0.526. The van der Waals surface area contributed by atoms with Crippen LogP contribution < -0.4 is 10.6 Å². The molecule has 11 heteroatoms. The zero-order valence-corrected chi connectivity index (χ0v) is 21.0. The molecule has 0 radical (unpaired) electrons. The summed E-state index contributed by atoms with van der Waals surface area (Å²) >= 11 is 0. The van der Waals surface area contributed by atoms with Gasteiger partial charge in [-0.05, 0) is 46.5 Å². The van der Waals surface area contributed by atoms with E-state index in [1.54, 1.807) is 13.8 Å². The second kappa shape index (κ2) is 16.7. The Labute approximate surface area is 206 Å². The normalized spacial score (nSPS) is 25.0. The fourth-order valence-electron chi connectivity index (χ4n) is 3.72. The minimum atomic E-state index is -1.39. The molecule has 0 aromatic heterocycles. The highest BCUT2D eigenvalue weighted by molar-refractivity contribution is 5.87. The Morgan fingerprint density at radius 3 is 2.11 bits per heavy atom. The van der Waals surface area contributed by atoms with Crippen LogP contribution in [0.15, 0.2) is 0 Å². The van der Waals surface area contributed by atoms with Crippen molar-refractivity contribution >= 4 is 23.4 Å². The number of carbonyl (C=O) groups excluding carboxylic acids is 4.